The molecule has 0 spiro atoms. The second kappa shape index (κ2) is 5.09. The van der Waals surface area contributed by atoms with Crippen molar-refractivity contribution in [1.82, 2.24) is 0 Å². The van der Waals surface area contributed by atoms with E-state index in [0.717, 1.165) is 12.2 Å². The van der Waals surface area contributed by atoms with Crippen LogP contribution >= 0.6 is 0 Å². The molecule has 0 radical (unpaired) electrons. The van der Waals surface area contributed by atoms with Gasteiger partial charge in [-0.1, -0.05) is 25.1 Å². The summed E-state index contributed by atoms with van der Waals surface area (Å²) >= 11 is 0. The predicted molar refractivity (Wildman–Crippen MR) is 71.3 cm³/mol. The van der Waals surface area contributed by atoms with E-state index >= 15 is 0 Å². The fraction of sp³-hybridized carbons (Fsp3) is 0.600. The molecule has 2 nitrogen and oxygen atoms in total. The number of para-hydroxylation sites is 1. The summed E-state index contributed by atoms with van der Waals surface area (Å²) in [6, 6.07) is 8.75. The smallest absolute Gasteiger partial charge is 0.123 e. The number of rotatable bonds is 3. The summed E-state index contributed by atoms with van der Waals surface area (Å²) in [5, 5.41) is 0. The summed E-state index contributed by atoms with van der Waals surface area (Å²) in [5.41, 5.74) is 7.45. The van der Waals surface area contributed by atoms with Crippen molar-refractivity contribution in [3.05, 3.63) is 29.8 Å². The van der Waals surface area contributed by atoms with Gasteiger partial charge in [0.15, 0.2) is 0 Å². The van der Waals surface area contributed by atoms with Crippen molar-refractivity contribution >= 4 is 0 Å². The van der Waals surface area contributed by atoms with Gasteiger partial charge in [0.2, 0.25) is 0 Å². The number of hydrogen-bond donors (Lipinski definition) is 1. The Morgan fingerprint density at radius 1 is 1.24 bits per heavy atom. The van der Waals surface area contributed by atoms with Crippen molar-refractivity contribution < 1.29 is 4.74 Å². The Balaban J connectivity index is 2.25. The molecule has 0 heterocycles. The van der Waals surface area contributed by atoms with Crippen molar-refractivity contribution in [3.8, 4) is 5.75 Å². The molecule has 3 unspecified atom stereocenters. The molecule has 0 amide bonds. The van der Waals surface area contributed by atoms with Gasteiger partial charge in [-0.05, 0) is 50.2 Å². The summed E-state index contributed by atoms with van der Waals surface area (Å²) in [5.74, 6) is 2.14. The highest BCUT2D eigenvalue weighted by molar-refractivity contribution is 5.37. The molecule has 1 aromatic carbocycles. The SMILES string of the molecule is CC(C)Oc1ccccc1C1CCC(N)C1C. The monoisotopic (exact) mass is 233 g/mol. The van der Waals surface area contributed by atoms with Gasteiger partial charge >= 0.3 is 0 Å². The third kappa shape index (κ3) is 2.63. The van der Waals surface area contributed by atoms with E-state index in [9.17, 15) is 0 Å². The molecule has 0 saturated heterocycles. The molecule has 3 atom stereocenters. The zero-order valence-corrected chi connectivity index (χ0v) is 11.0. The quantitative estimate of drug-likeness (QED) is 0.869. The summed E-state index contributed by atoms with van der Waals surface area (Å²) < 4.78 is 5.90. The van der Waals surface area contributed by atoms with E-state index in [4.69, 9.17) is 10.5 Å². The lowest BCUT2D eigenvalue weighted by molar-refractivity contribution is 0.237. The van der Waals surface area contributed by atoms with Crippen LogP contribution in [0.5, 0.6) is 5.75 Å². The number of ether oxygens (including phenoxy) is 1. The lowest BCUT2D eigenvalue weighted by Crippen LogP contribution is -2.24. The molecule has 2 heteroatoms. The molecule has 0 aromatic heterocycles. The molecule has 0 aliphatic heterocycles. The van der Waals surface area contributed by atoms with Crippen LogP contribution in [0.4, 0.5) is 0 Å². The van der Waals surface area contributed by atoms with E-state index in [1.165, 1.54) is 12.0 Å². The van der Waals surface area contributed by atoms with Gasteiger partial charge in [-0.15, -0.1) is 0 Å². The van der Waals surface area contributed by atoms with Gasteiger partial charge in [0.25, 0.3) is 0 Å². The maximum absolute atomic E-state index is 6.12. The molecule has 2 N–H and O–H groups in total. The number of benzene rings is 1. The Morgan fingerprint density at radius 2 is 1.94 bits per heavy atom. The van der Waals surface area contributed by atoms with Crippen LogP contribution in [0.25, 0.3) is 0 Å². The van der Waals surface area contributed by atoms with Gasteiger partial charge in [-0.2, -0.15) is 0 Å². The van der Waals surface area contributed by atoms with Crippen LogP contribution in [0.3, 0.4) is 0 Å². The summed E-state index contributed by atoms with van der Waals surface area (Å²) in [6.45, 7) is 6.40. The first kappa shape index (κ1) is 12.4. The van der Waals surface area contributed by atoms with Crippen LogP contribution in [0.1, 0.15) is 45.1 Å². The van der Waals surface area contributed by atoms with E-state index in [1.54, 1.807) is 0 Å². The van der Waals surface area contributed by atoms with E-state index in [-0.39, 0.29) is 6.10 Å². The standard InChI is InChI=1S/C15H23NO/c1-10(2)17-15-7-5-4-6-13(15)12-8-9-14(16)11(12)3/h4-7,10-12,14H,8-9,16H2,1-3H3. The van der Waals surface area contributed by atoms with E-state index in [2.05, 4.69) is 39.0 Å². The van der Waals surface area contributed by atoms with Crippen molar-refractivity contribution in [2.24, 2.45) is 11.7 Å². The normalized spacial score (nSPS) is 28.6. The number of hydrogen-bond acceptors (Lipinski definition) is 2. The van der Waals surface area contributed by atoms with E-state index in [0.29, 0.717) is 17.9 Å². The zero-order valence-electron chi connectivity index (χ0n) is 11.0. The third-order valence-corrected chi connectivity index (χ3v) is 3.80. The Bertz CT molecular complexity index is 375. The topological polar surface area (TPSA) is 35.2 Å². The molecule has 1 fully saturated rings. The highest BCUT2D eigenvalue weighted by Gasteiger charge is 2.32. The molecule has 1 aromatic rings. The fourth-order valence-corrected chi connectivity index (χ4v) is 2.78. The van der Waals surface area contributed by atoms with Crippen LogP contribution in [-0.4, -0.2) is 12.1 Å². The second-order valence-electron chi connectivity index (χ2n) is 5.41. The van der Waals surface area contributed by atoms with Crippen LogP contribution in [0.2, 0.25) is 0 Å². The molecule has 1 aliphatic rings. The van der Waals surface area contributed by atoms with Crippen LogP contribution in [-0.2, 0) is 0 Å². The van der Waals surface area contributed by atoms with E-state index in [1.807, 2.05) is 6.07 Å². The van der Waals surface area contributed by atoms with Gasteiger partial charge < -0.3 is 10.5 Å². The van der Waals surface area contributed by atoms with Crippen LogP contribution < -0.4 is 10.5 Å². The molecule has 1 aliphatic carbocycles. The molecule has 0 bridgehead atoms. The molecule has 1 saturated carbocycles. The predicted octanol–water partition coefficient (Wildman–Crippen LogP) is 3.31. The molecular formula is C15H23NO. The van der Waals surface area contributed by atoms with Gasteiger partial charge in [0.1, 0.15) is 5.75 Å². The Kier molecular flexibility index (Phi) is 3.72. The second-order valence-corrected chi connectivity index (χ2v) is 5.41. The lowest BCUT2D eigenvalue weighted by Gasteiger charge is -2.22. The Hall–Kier alpha value is -1.02. The highest BCUT2D eigenvalue weighted by Crippen LogP contribution is 2.42. The van der Waals surface area contributed by atoms with E-state index < -0.39 is 0 Å². The fourth-order valence-electron chi connectivity index (χ4n) is 2.78. The molecule has 17 heavy (non-hydrogen) atoms. The average Bonchev–Trinajstić information content (AvgIpc) is 2.60. The molecule has 94 valence electrons. The molecule has 2 rings (SSSR count). The minimum Gasteiger partial charge on any atom is -0.491 e. The maximum Gasteiger partial charge on any atom is 0.123 e. The van der Waals surface area contributed by atoms with Crippen molar-refractivity contribution in [2.75, 3.05) is 0 Å². The summed E-state index contributed by atoms with van der Waals surface area (Å²) in [7, 11) is 0. The first-order valence-corrected chi connectivity index (χ1v) is 6.60. The Labute approximate surface area is 104 Å². The first-order valence-electron chi connectivity index (χ1n) is 6.60. The van der Waals surface area contributed by atoms with Gasteiger partial charge in [0.05, 0.1) is 6.10 Å². The zero-order chi connectivity index (χ0) is 12.4. The lowest BCUT2D eigenvalue weighted by atomic mass is 9.88. The minimum atomic E-state index is 0.224. The van der Waals surface area contributed by atoms with Crippen molar-refractivity contribution in [2.45, 2.75) is 51.7 Å². The summed E-state index contributed by atoms with van der Waals surface area (Å²) in [4.78, 5) is 0. The van der Waals surface area contributed by atoms with Gasteiger partial charge in [0, 0.05) is 6.04 Å². The maximum atomic E-state index is 6.12. The van der Waals surface area contributed by atoms with Crippen LogP contribution in [0.15, 0.2) is 24.3 Å². The third-order valence-electron chi connectivity index (χ3n) is 3.80. The minimum absolute atomic E-state index is 0.224. The van der Waals surface area contributed by atoms with Gasteiger partial charge in [-0.25, -0.2) is 0 Å². The largest absolute Gasteiger partial charge is 0.491 e. The Morgan fingerprint density at radius 3 is 2.53 bits per heavy atom. The first-order chi connectivity index (χ1) is 8.09. The average molecular weight is 233 g/mol. The number of nitrogens with two attached hydrogens (primary N) is 1. The van der Waals surface area contributed by atoms with Gasteiger partial charge in [-0.3, -0.25) is 0 Å². The molecular weight excluding hydrogens is 210 g/mol. The van der Waals surface area contributed by atoms with Crippen LogP contribution in [0, 0.1) is 5.92 Å². The van der Waals surface area contributed by atoms with Crippen molar-refractivity contribution in [3.63, 3.8) is 0 Å². The highest BCUT2D eigenvalue weighted by atomic mass is 16.5. The van der Waals surface area contributed by atoms with Crippen molar-refractivity contribution in [1.29, 1.82) is 0 Å². The summed E-state index contributed by atoms with van der Waals surface area (Å²) in [6.07, 6.45) is 2.53.